The molecule has 2 fully saturated rings. The molecular weight excluding hydrogens is 604 g/mol. The van der Waals surface area contributed by atoms with E-state index in [1.54, 1.807) is 17.3 Å². The Kier molecular flexibility index (Phi) is 9.53. The van der Waals surface area contributed by atoms with Gasteiger partial charge in [0.05, 0.1) is 11.3 Å². The molecule has 3 heterocycles. The van der Waals surface area contributed by atoms with Gasteiger partial charge < -0.3 is 25.0 Å². The number of fused-ring (bicyclic) bond motifs is 1. The van der Waals surface area contributed by atoms with Crippen molar-refractivity contribution in [2.45, 2.75) is 91.2 Å². The number of nitrogens with one attached hydrogen (secondary N) is 2. The van der Waals surface area contributed by atoms with Gasteiger partial charge in [-0.1, -0.05) is 44.0 Å². The monoisotopic (exact) mass is 650 g/mol. The van der Waals surface area contributed by atoms with Crippen molar-refractivity contribution in [2.75, 3.05) is 23.7 Å². The fourth-order valence-corrected chi connectivity index (χ4v) is 6.78. The maximum absolute atomic E-state index is 13.1. The Morgan fingerprint density at radius 3 is 2.58 bits per heavy atom. The average Bonchev–Trinajstić information content (AvgIpc) is 3.47. The van der Waals surface area contributed by atoms with Gasteiger partial charge in [0.25, 0.3) is 0 Å². The molecule has 6 rings (SSSR count). The smallest absolute Gasteiger partial charge is 0.410 e. The molecule has 10 heteroatoms. The zero-order valence-electron chi connectivity index (χ0n) is 28.6. The van der Waals surface area contributed by atoms with Gasteiger partial charge in [0.15, 0.2) is 0 Å². The van der Waals surface area contributed by atoms with Crippen molar-refractivity contribution in [1.29, 1.82) is 0 Å². The number of aromatic nitrogens is 3. The highest BCUT2D eigenvalue weighted by molar-refractivity contribution is 6.04. The van der Waals surface area contributed by atoms with Crippen molar-refractivity contribution < 1.29 is 19.1 Å². The lowest BCUT2D eigenvalue weighted by atomic mass is 9.85. The van der Waals surface area contributed by atoms with Crippen molar-refractivity contribution in [3.8, 4) is 22.9 Å². The summed E-state index contributed by atoms with van der Waals surface area (Å²) in [6, 6.07) is 15.5. The Morgan fingerprint density at radius 1 is 0.979 bits per heavy atom. The van der Waals surface area contributed by atoms with Crippen LogP contribution < -0.4 is 15.4 Å². The summed E-state index contributed by atoms with van der Waals surface area (Å²) in [5, 5.41) is 8.39. The van der Waals surface area contributed by atoms with Crippen LogP contribution in [0.2, 0.25) is 0 Å². The number of piperidine rings is 1. The predicted molar refractivity (Wildman–Crippen MR) is 188 cm³/mol. The number of ether oxygens (including phenoxy) is 2. The normalized spacial score (nSPS) is 17.6. The van der Waals surface area contributed by atoms with Crippen molar-refractivity contribution in [3.05, 3.63) is 66.5 Å². The van der Waals surface area contributed by atoms with E-state index in [1.165, 1.54) is 12.8 Å². The number of carbonyl (C=O) groups excluding carboxylic acids is 2. The third-order valence-corrected chi connectivity index (χ3v) is 9.19. The Bertz CT molecular complexity index is 1800. The number of amides is 2. The minimum absolute atomic E-state index is 0.0137. The second kappa shape index (κ2) is 13.8. The van der Waals surface area contributed by atoms with Crippen LogP contribution in [0.25, 0.3) is 22.0 Å². The van der Waals surface area contributed by atoms with Crippen LogP contribution in [0.4, 0.5) is 16.4 Å². The molecule has 252 valence electrons. The van der Waals surface area contributed by atoms with Crippen LogP contribution in [-0.4, -0.2) is 56.6 Å². The molecule has 2 N–H and O–H groups in total. The number of rotatable bonds is 8. The summed E-state index contributed by atoms with van der Waals surface area (Å²) in [6.07, 6.45) is 9.93. The Morgan fingerprint density at radius 2 is 1.79 bits per heavy atom. The number of anilines is 2. The standard InChI is InChI=1S/C38H46N6O4/c1-25-15-16-27-28(12-8-14-30(27)42-32(45)23-38(5)18-6-7-19-38)33(25)47-34-29(13-9-20-39-34)31-17-21-40-35(43-31)41-26-11-10-22-44(24-26)36(46)48-37(2,3)4/h8-9,12-17,20-21,26H,6-7,10-11,18-19,22-24H2,1-5H3,(H,42,45)(H,40,41,43)/t26-/m0/s1. The van der Waals surface area contributed by atoms with E-state index in [0.29, 0.717) is 48.3 Å². The number of hydrogen-bond donors (Lipinski definition) is 2. The first kappa shape index (κ1) is 33.2. The lowest BCUT2D eigenvalue weighted by Gasteiger charge is -2.34. The maximum atomic E-state index is 13.1. The number of benzene rings is 2. The zero-order chi connectivity index (χ0) is 33.9. The number of aryl methyl sites for hydroxylation is 1. The molecular formula is C38H46N6O4. The van der Waals surface area contributed by atoms with Crippen LogP contribution in [-0.2, 0) is 9.53 Å². The highest BCUT2D eigenvalue weighted by Crippen LogP contribution is 2.42. The molecule has 0 unspecified atom stereocenters. The molecule has 4 aromatic rings. The largest absolute Gasteiger partial charge is 0.444 e. The molecule has 10 nitrogen and oxygen atoms in total. The van der Waals surface area contributed by atoms with Crippen LogP contribution in [0, 0.1) is 12.3 Å². The molecule has 1 atom stereocenters. The molecule has 0 bridgehead atoms. The van der Waals surface area contributed by atoms with E-state index in [9.17, 15) is 9.59 Å². The van der Waals surface area contributed by atoms with Gasteiger partial charge in [0.2, 0.25) is 17.7 Å². The van der Waals surface area contributed by atoms with E-state index in [-0.39, 0.29) is 23.5 Å². The first-order valence-electron chi connectivity index (χ1n) is 17.0. The molecule has 1 aliphatic carbocycles. The fraction of sp³-hybridized carbons (Fsp3) is 0.447. The topological polar surface area (TPSA) is 119 Å². The van der Waals surface area contributed by atoms with Gasteiger partial charge in [-0.2, -0.15) is 0 Å². The van der Waals surface area contributed by atoms with E-state index in [2.05, 4.69) is 27.5 Å². The van der Waals surface area contributed by atoms with Crippen LogP contribution in [0.5, 0.6) is 11.6 Å². The highest BCUT2D eigenvalue weighted by Gasteiger charge is 2.31. The van der Waals surface area contributed by atoms with E-state index >= 15 is 0 Å². The first-order chi connectivity index (χ1) is 23.0. The van der Waals surface area contributed by atoms with Crippen molar-refractivity contribution in [3.63, 3.8) is 0 Å². The van der Waals surface area contributed by atoms with Gasteiger partial charge >= 0.3 is 6.09 Å². The van der Waals surface area contributed by atoms with Gasteiger partial charge in [0, 0.05) is 54.4 Å². The molecule has 1 saturated heterocycles. The van der Waals surface area contributed by atoms with Crippen molar-refractivity contribution in [2.24, 2.45) is 5.41 Å². The fourth-order valence-electron chi connectivity index (χ4n) is 6.78. The number of likely N-dealkylation sites (tertiary alicyclic amines) is 1. The summed E-state index contributed by atoms with van der Waals surface area (Å²) in [7, 11) is 0. The second-order valence-corrected chi connectivity index (χ2v) is 14.5. The molecule has 1 saturated carbocycles. The molecule has 2 aliphatic rings. The summed E-state index contributed by atoms with van der Waals surface area (Å²) >= 11 is 0. The number of carbonyl (C=O) groups is 2. The minimum Gasteiger partial charge on any atom is -0.444 e. The van der Waals surface area contributed by atoms with Crippen LogP contribution in [0.1, 0.15) is 78.2 Å². The summed E-state index contributed by atoms with van der Waals surface area (Å²) in [6.45, 7) is 11.0. The Labute approximate surface area is 282 Å². The van der Waals surface area contributed by atoms with Gasteiger partial charge in [-0.25, -0.2) is 19.7 Å². The molecule has 1 aliphatic heterocycles. The Hall–Kier alpha value is -4.73. The van der Waals surface area contributed by atoms with Crippen molar-refractivity contribution >= 4 is 34.4 Å². The zero-order valence-corrected chi connectivity index (χ0v) is 28.6. The number of hydrogen-bond acceptors (Lipinski definition) is 8. The third kappa shape index (κ3) is 7.86. The molecule has 2 aromatic heterocycles. The maximum Gasteiger partial charge on any atom is 0.410 e. The van der Waals surface area contributed by atoms with Gasteiger partial charge in [-0.05, 0) is 88.6 Å². The van der Waals surface area contributed by atoms with Gasteiger partial charge in [-0.15, -0.1) is 0 Å². The molecule has 2 aromatic carbocycles. The van der Waals surface area contributed by atoms with E-state index < -0.39 is 5.60 Å². The SMILES string of the molecule is Cc1ccc2c(NC(=O)CC3(C)CCCC3)cccc2c1Oc1ncccc1-c1ccnc(N[C@H]2CCCN(C(=O)OC(C)(C)C)C2)n1. The van der Waals surface area contributed by atoms with Gasteiger partial charge in [-0.3, -0.25) is 4.79 Å². The lowest BCUT2D eigenvalue weighted by Crippen LogP contribution is -2.47. The summed E-state index contributed by atoms with van der Waals surface area (Å²) in [5.74, 6) is 1.59. The number of pyridine rings is 1. The third-order valence-electron chi connectivity index (χ3n) is 9.19. The second-order valence-electron chi connectivity index (χ2n) is 14.5. The summed E-state index contributed by atoms with van der Waals surface area (Å²) in [5.41, 5.74) is 2.60. The first-order valence-corrected chi connectivity index (χ1v) is 17.0. The molecule has 48 heavy (non-hydrogen) atoms. The quantitative estimate of drug-likeness (QED) is 0.195. The van der Waals surface area contributed by atoms with E-state index in [1.807, 2.05) is 76.2 Å². The van der Waals surface area contributed by atoms with Crippen LogP contribution >= 0.6 is 0 Å². The highest BCUT2D eigenvalue weighted by atomic mass is 16.6. The molecule has 0 spiro atoms. The van der Waals surface area contributed by atoms with Crippen LogP contribution in [0.15, 0.2) is 60.9 Å². The van der Waals surface area contributed by atoms with E-state index in [0.717, 1.165) is 47.7 Å². The summed E-state index contributed by atoms with van der Waals surface area (Å²) < 4.78 is 12.2. The summed E-state index contributed by atoms with van der Waals surface area (Å²) in [4.78, 5) is 41.5. The number of nitrogens with zero attached hydrogens (tertiary/aromatic N) is 4. The van der Waals surface area contributed by atoms with Gasteiger partial charge in [0.1, 0.15) is 11.4 Å². The predicted octanol–water partition coefficient (Wildman–Crippen LogP) is 8.51. The molecule has 0 radical (unpaired) electrons. The van der Waals surface area contributed by atoms with E-state index in [4.69, 9.17) is 14.5 Å². The van der Waals surface area contributed by atoms with Crippen LogP contribution in [0.3, 0.4) is 0 Å². The van der Waals surface area contributed by atoms with Crippen molar-refractivity contribution in [1.82, 2.24) is 19.9 Å². The minimum atomic E-state index is -0.547. The lowest BCUT2D eigenvalue weighted by molar-refractivity contribution is -0.118. The Balaban J connectivity index is 1.21. The molecule has 2 amide bonds. The average molecular weight is 651 g/mol.